The molecule has 0 amide bonds. The number of aryl methyl sites for hydroxylation is 2. The molecule has 0 spiro atoms. The average Bonchev–Trinajstić information content (AvgIpc) is 2.69. The molecule has 1 aromatic carbocycles. The molecular formula is C14H16N4O3. The molecule has 110 valence electrons. The molecule has 2 aromatic rings. The number of carbonyl (C=O) groups is 1. The zero-order valence-electron chi connectivity index (χ0n) is 12.1. The van der Waals surface area contributed by atoms with Crippen LogP contribution in [0.5, 0.6) is 5.75 Å². The summed E-state index contributed by atoms with van der Waals surface area (Å²) in [5.41, 5.74) is 3.17. The Balaban J connectivity index is 2.09. The maximum atomic E-state index is 10.4. The third-order valence-corrected chi connectivity index (χ3v) is 2.94. The molecule has 7 heteroatoms. The van der Waals surface area contributed by atoms with Crippen molar-refractivity contribution in [3.8, 4) is 5.75 Å². The Hall–Kier alpha value is -2.70. The number of benzene rings is 1. The van der Waals surface area contributed by atoms with E-state index in [2.05, 4.69) is 15.3 Å². The first kappa shape index (κ1) is 14.7. The highest BCUT2D eigenvalue weighted by Crippen LogP contribution is 2.25. The molecule has 1 heterocycles. The van der Waals surface area contributed by atoms with E-state index in [4.69, 9.17) is 9.84 Å². The van der Waals surface area contributed by atoms with Crippen LogP contribution in [0.1, 0.15) is 11.4 Å². The summed E-state index contributed by atoms with van der Waals surface area (Å²) in [5, 5.41) is 21.1. The molecule has 2 rings (SSSR count). The van der Waals surface area contributed by atoms with E-state index in [1.807, 2.05) is 20.9 Å². The summed E-state index contributed by atoms with van der Waals surface area (Å²) in [6.45, 7) is 3.44. The molecule has 0 aliphatic heterocycles. The number of rotatable bonds is 5. The van der Waals surface area contributed by atoms with Crippen molar-refractivity contribution in [3.05, 3.63) is 35.7 Å². The fourth-order valence-electron chi connectivity index (χ4n) is 1.77. The van der Waals surface area contributed by atoms with Crippen molar-refractivity contribution >= 4 is 17.3 Å². The summed E-state index contributed by atoms with van der Waals surface area (Å²) in [6, 6.07) is 6.73. The number of carboxylic acid groups (broad SMARTS) is 1. The molecule has 7 nitrogen and oxygen atoms in total. The summed E-state index contributed by atoms with van der Waals surface area (Å²) in [7, 11) is 1.86. The number of hydrogen-bond acceptors (Lipinski definition) is 5. The first-order valence-electron chi connectivity index (χ1n) is 6.34. The van der Waals surface area contributed by atoms with Gasteiger partial charge in [-0.1, -0.05) is 0 Å². The van der Waals surface area contributed by atoms with Gasteiger partial charge in [0.05, 0.1) is 17.1 Å². The third kappa shape index (κ3) is 3.65. The maximum Gasteiger partial charge on any atom is 0.341 e. The summed E-state index contributed by atoms with van der Waals surface area (Å²) in [5.74, 6) is -0.536. The lowest BCUT2D eigenvalue weighted by Gasteiger charge is -2.02. The standard InChI is InChI=1S/C14H16N4O3/c1-9-14(10(2)18(3)17-9)16-15-11-4-6-12(7-5-11)21-8-13(19)20/h4-7H,8H2,1-3H3,(H,19,20). The smallest absolute Gasteiger partial charge is 0.341 e. The second-order valence-corrected chi connectivity index (χ2v) is 4.52. The molecule has 0 saturated carbocycles. The van der Waals surface area contributed by atoms with E-state index >= 15 is 0 Å². The fourth-order valence-corrected chi connectivity index (χ4v) is 1.77. The van der Waals surface area contributed by atoms with Crippen LogP contribution in [0, 0.1) is 13.8 Å². The Labute approximate surface area is 121 Å². The normalized spacial score (nSPS) is 11.0. The molecule has 0 atom stereocenters. The lowest BCUT2D eigenvalue weighted by Crippen LogP contribution is -2.09. The van der Waals surface area contributed by atoms with Gasteiger partial charge in [-0.05, 0) is 38.1 Å². The van der Waals surface area contributed by atoms with Gasteiger partial charge in [0.15, 0.2) is 6.61 Å². The zero-order chi connectivity index (χ0) is 15.4. The molecule has 0 aliphatic carbocycles. The first-order chi connectivity index (χ1) is 9.97. The molecular weight excluding hydrogens is 272 g/mol. The number of carboxylic acids is 1. The SMILES string of the molecule is Cc1nn(C)c(C)c1N=Nc1ccc(OCC(=O)O)cc1. The topological polar surface area (TPSA) is 89.1 Å². The number of aromatic nitrogens is 2. The van der Waals surface area contributed by atoms with Gasteiger partial charge in [0.1, 0.15) is 11.4 Å². The number of ether oxygens (including phenoxy) is 1. The van der Waals surface area contributed by atoms with E-state index in [1.54, 1.807) is 28.9 Å². The predicted molar refractivity (Wildman–Crippen MR) is 76.4 cm³/mol. The van der Waals surface area contributed by atoms with Crippen molar-refractivity contribution in [1.29, 1.82) is 0 Å². The van der Waals surface area contributed by atoms with Gasteiger partial charge in [-0.25, -0.2) is 4.79 Å². The van der Waals surface area contributed by atoms with Crippen molar-refractivity contribution in [2.24, 2.45) is 17.3 Å². The molecule has 1 N–H and O–H groups in total. The number of azo groups is 1. The van der Waals surface area contributed by atoms with E-state index in [0.717, 1.165) is 17.1 Å². The van der Waals surface area contributed by atoms with Crippen molar-refractivity contribution in [1.82, 2.24) is 9.78 Å². The molecule has 0 unspecified atom stereocenters. The van der Waals surface area contributed by atoms with Crippen LogP contribution < -0.4 is 4.74 Å². The number of nitrogens with zero attached hydrogens (tertiary/aromatic N) is 4. The van der Waals surface area contributed by atoms with Crippen molar-refractivity contribution in [2.45, 2.75) is 13.8 Å². The van der Waals surface area contributed by atoms with E-state index in [0.29, 0.717) is 11.4 Å². The van der Waals surface area contributed by atoms with E-state index < -0.39 is 5.97 Å². The Kier molecular flexibility index (Phi) is 4.32. The van der Waals surface area contributed by atoms with Gasteiger partial charge in [-0.3, -0.25) is 4.68 Å². The molecule has 1 aromatic heterocycles. The van der Waals surface area contributed by atoms with Crippen LogP contribution in [0.4, 0.5) is 11.4 Å². The van der Waals surface area contributed by atoms with Crippen molar-refractivity contribution in [2.75, 3.05) is 6.61 Å². The van der Waals surface area contributed by atoms with Gasteiger partial charge < -0.3 is 9.84 Å². The predicted octanol–water partition coefficient (Wildman–Crippen LogP) is 2.92. The minimum absolute atomic E-state index is 0.366. The highest BCUT2D eigenvalue weighted by Gasteiger charge is 2.08. The lowest BCUT2D eigenvalue weighted by atomic mass is 10.3. The minimum Gasteiger partial charge on any atom is -0.482 e. The molecule has 21 heavy (non-hydrogen) atoms. The molecule has 0 radical (unpaired) electrons. The maximum absolute atomic E-state index is 10.4. The van der Waals surface area contributed by atoms with Crippen LogP contribution in [-0.4, -0.2) is 27.5 Å². The lowest BCUT2D eigenvalue weighted by molar-refractivity contribution is -0.139. The summed E-state index contributed by atoms with van der Waals surface area (Å²) in [4.78, 5) is 10.4. The molecule has 0 saturated heterocycles. The highest BCUT2D eigenvalue weighted by molar-refractivity contribution is 5.68. The molecule has 0 fully saturated rings. The summed E-state index contributed by atoms with van der Waals surface area (Å²) in [6.07, 6.45) is 0. The summed E-state index contributed by atoms with van der Waals surface area (Å²) >= 11 is 0. The number of aliphatic carboxylic acids is 1. The van der Waals surface area contributed by atoms with Gasteiger partial charge in [0.25, 0.3) is 0 Å². The highest BCUT2D eigenvalue weighted by atomic mass is 16.5. The number of hydrogen-bond donors (Lipinski definition) is 1. The molecule has 0 bridgehead atoms. The van der Waals surface area contributed by atoms with Crippen LogP contribution in [0.2, 0.25) is 0 Å². The average molecular weight is 288 g/mol. The van der Waals surface area contributed by atoms with Gasteiger partial charge in [0, 0.05) is 7.05 Å². The van der Waals surface area contributed by atoms with Crippen LogP contribution >= 0.6 is 0 Å². The quantitative estimate of drug-likeness (QED) is 0.856. The Morgan fingerprint density at radius 3 is 2.48 bits per heavy atom. The largest absolute Gasteiger partial charge is 0.482 e. The monoisotopic (exact) mass is 288 g/mol. The minimum atomic E-state index is -1.01. The Morgan fingerprint density at radius 1 is 1.29 bits per heavy atom. The van der Waals surface area contributed by atoms with Crippen LogP contribution in [0.3, 0.4) is 0 Å². The van der Waals surface area contributed by atoms with Crippen molar-refractivity contribution < 1.29 is 14.6 Å². The first-order valence-corrected chi connectivity index (χ1v) is 6.34. The van der Waals surface area contributed by atoms with Gasteiger partial charge in [0.2, 0.25) is 0 Å². The molecule has 0 aliphatic rings. The van der Waals surface area contributed by atoms with E-state index in [1.165, 1.54) is 0 Å². The fraction of sp³-hybridized carbons (Fsp3) is 0.286. The van der Waals surface area contributed by atoms with Gasteiger partial charge >= 0.3 is 5.97 Å². The van der Waals surface area contributed by atoms with Crippen LogP contribution in [0.15, 0.2) is 34.5 Å². The van der Waals surface area contributed by atoms with E-state index in [9.17, 15) is 4.79 Å². The summed E-state index contributed by atoms with van der Waals surface area (Å²) < 4.78 is 6.80. The van der Waals surface area contributed by atoms with Crippen molar-refractivity contribution in [3.63, 3.8) is 0 Å². The van der Waals surface area contributed by atoms with Crippen LogP contribution in [-0.2, 0) is 11.8 Å². The second kappa shape index (κ2) is 6.17. The second-order valence-electron chi connectivity index (χ2n) is 4.52. The Bertz CT molecular complexity index is 674. The van der Waals surface area contributed by atoms with Crippen LogP contribution in [0.25, 0.3) is 0 Å². The zero-order valence-corrected chi connectivity index (χ0v) is 12.1. The van der Waals surface area contributed by atoms with Gasteiger partial charge in [-0.2, -0.15) is 10.2 Å². The van der Waals surface area contributed by atoms with E-state index in [-0.39, 0.29) is 6.61 Å². The van der Waals surface area contributed by atoms with Gasteiger partial charge in [-0.15, -0.1) is 5.11 Å². The Morgan fingerprint density at radius 2 is 1.95 bits per heavy atom. The third-order valence-electron chi connectivity index (χ3n) is 2.94.